The van der Waals surface area contributed by atoms with Crippen LogP contribution in [0, 0.1) is 0 Å². The van der Waals surface area contributed by atoms with Gasteiger partial charge >= 0.3 is 0 Å². The largest absolute Gasteiger partial charge is 0.312 e. The fourth-order valence-electron chi connectivity index (χ4n) is 2.08. The Morgan fingerprint density at radius 2 is 1.80 bits per heavy atom. The zero-order valence-electron chi connectivity index (χ0n) is 7.24. The van der Waals surface area contributed by atoms with Crippen LogP contribution in [0.3, 0.4) is 0 Å². The lowest BCUT2D eigenvalue weighted by atomic mass is 9.94. The minimum atomic E-state index is 0.536. The van der Waals surface area contributed by atoms with E-state index in [2.05, 4.69) is 19.2 Å². The van der Waals surface area contributed by atoms with Crippen LogP contribution >= 0.6 is 0 Å². The van der Waals surface area contributed by atoms with Gasteiger partial charge in [-0.2, -0.15) is 0 Å². The van der Waals surface area contributed by atoms with E-state index in [9.17, 15) is 0 Å². The van der Waals surface area contributed by atoms with Crippen LogP contribution in [-0.4, -0.2) is 12.1 Å². The molecule has 1 saturated carbocycles. The second-order valence-corrected chi connectivity index (χ2v) is 3.37. The van der Waals surface area contributed by atoms with Crippen LogP contribution in [0.1, 0.15) is 46.0 Å². The van der Waals surface area contributed by atoms with Crippen LogP contribution in [0.2, 0.25) is 0 Å². The maximum atomic E-state index is 3.61. The molecule has 1 fully saturated rings. The standard InChI is InChI=1S/C9H19N/c1-3-9(10-4-2)7-5-6-8-9/h10H,3-8H2,1-2H3. The summed E-state index contributed by atoms with van der Waals surface area (Å²) in [5.41, 5.74) is 0.536. The van der Waals surface area contributed by atoms with E-state index in [1.54, 1.807) is 0 Å². The molecule has 1 rings (SSSR count). The molecule has 0 radical (unpaired) electrons. The molecule has 1 aliphatic rings. The highest BCUT2D eigenvalue weighted by atomic mass is 15.0. The van der Waals surface area contributed by atoms with Crippen LogP contribution < -0.4 is 5.32 Å². The van der Waals surface area contributed by atoms with E-state index in [0.717, 1.165) is 6.54 Å². The average Bonchev–Trinajstić information content (AvgIpc) is 2.39. The van der Waals surface area contributed by atoms with E-state index >= 15 is 0 Å². The first-order chi connectivity index (χ1) is 4.83. The predicted octanol–water partition coefficient (Wildman–Crippen LogP) is 2.32. The Morgan fingerprint density at radius 3 is 2.20 bits per heavy atom. The van der Waals surface area contributed by atoms with Crippen molar-refractivity contribution in [2.45, 2.75) is 51.5 Å². The Morgan fingerprint density at radius 1 is 1.20 bits per heavy atom. The Kier molecular flexibility index (Phi) is 2.72. The van der Waals surface area contributed by atoms with Crippen molar-refractivity contribution in [2.24, 2.45) is 0 Å². The molecule has 0 bridgehead atoms. The summed E-state index contributed by atoms with van der Waals surface area (Å²) in [4.78, 5) is 0. The van der Waals surface area contributed by atoms with Crippen LogP contribution in [0.15, 0.2) is 0 Å². The van der Waals surface area contributed by atoms with Gasteiger partial charge < -0.3 is 5.32 Å². The molecule has 0 aliphatic heterocycles. The molecule has 1 aliphatic carbocycles. The number of hydrogen-bond acceptors (Lipinski definition) is 1. The molecular weight excluding hydrogens is 122 g/mol. The lowest BCUT2D eigenvalue weighted by Gasteiger charge is -2.28. The number of rotatable bonds is 3. The third-order valence-electron chi connectivity index (χ3n) is 2.79. The van der Waals surface area contributed by atoms with E-state index in [4.69, 9.17) is 0 Å². The monoisotopic (exact) mass is 141 g/mol. The summed E-state index contributed by atoms with van der Waals surface area (Å²) in [6.45, 7) is 5.64. The SMILES string of the molecule is CCNC1(CC)CCCC1. The number of nitrogens with one attached hydrogen (secondary N) is 1. The highest BCUT2D eigenvalue weighted by Crippen LogP contribution is 2.31. The van der Waals surface area contributed by atoms with Gasteiger partial charge in [-0.1, -0.05) is 26.7 Å². The van der Waals surface area contributed by atoms with Gasteiger partial charge in [0, 0.05) is 5.54 Å². The molecule has 0 aromatic carbocycles. The summed E-state index contributed by atoms with van der Waals surface area (Å²) < 4.78 is 0. The van der Waals surface area contributed by atoms with Crippen molar-refractivity contribution < 1.29 is 0 Å². The summed E-state index contributed by atoms with van der Waals surface area (Å²) >= 11 is 0. The lowest BCUT2D eigenvalue weighted by molar-refractivity contribution is 0.328. The van der Waals surface area contributed by atoms with Crippen molar-refractivity contribution in [3.05, 3.63) is 0 Å². The van der Waals surface area contributed by atoms with Gasteiger partial charge in [-0.25, -0.2) is 0 Å². The van der Waals surface area contributed by atoms with Crippen molar-refractivity contribution >= 4 is 0 Å². The van der Waals surface area contributed by atoms with Crippen molar-refractivity contribution in [2.75, 3.05) is 6.54 Å². The third kappa shape index (κ3) is 1.51. The first-order valence-electron chi connectivity index (χ1n) is 4.58. The molecule has 0 heterocycles. The fourth-order valence-corrected chi connectivity index (χ4v) is 2.08. The van der Waals surface area contributed by atoms with E-state index in [-0.39, 0.29) is 0 Å². The highest BCUT2D eigenvalue weighted by molar-refractivity contribution is 4.90. The highest BCUT2D eigenvalue weighted by Gasteiger charge is 2.30. The normalized spacial score (nSPS) is 23.4. The molecule has 1 N–H and O–H groups in total. The van der Waals surface area contributed by atoms with E-state index < -0.39 is 0 Å². The fraction of sp³-hybridized carbons (Fsp3) is 1.00. The Hall–Kier alpha value is -0.0400. The minimum absolute atomic E-state index is 0.536. The van der Waals surface area contributed by atoms with Gasteiger partial charge in [-0.3, -0.25) is 0 Å². The molecular formula is C9H19N. The van der Waals surface area contributed by atoms with E-state index in [1.807, 2.05) is 0 Å². The molecule has 0 aromatic rings. The Balaban J connectivity index is 2.41. The molecule has 0 atom stereocenters. The Bertz CT molecular complexity index is 92.9. The van der Waals surface area contributed by atoms with Gasteiger partial charge in [0.25, 0.3) is 0 Å². The first-order valence-corrected chi connectivity index (χ1v) is 4.58. The van der Waals surface area contributed by atoms with Gasteiger partial charge in [0.15, 0.2) is 0 Å². The van der Waals surface area contributed by atoms with Gasteiger partial charge in [0.2, 0.25) is 0 Å². The first kappa shape index (κ1) is 8.06. The van der Waals surface area contributed by atoms with Crippen LogP contribution in [0.4, 0.5) is 0 Å². The topological polar surface area (TPSA) is 12.0 Å². The lowest BCUT2D eigenvalue weighted by Crippen LogP contribution is -2.41. The zero-order valence-corrected chi connectivity index (χ0v) is 7.24. The van der Waals surface area contributed by atoms with Crippen molar-refractivity contribution in [1.29, 1.82) is 0 Å². The van der Waals surface area contributed by atoms with E-state index in [0.29, 0.717) is 5.54 Å². The summed E-state index contributed by atoms with van der Waals surface area (Å²) in [5, 5.41) is 3.61. The van der Waals surface area contributed by atoms with Gasteiger partial charge in [-0.15, -0.1) is 0 Å². The van der Waals surface area contributed by atoms with Gasteiger partial charge in [0.05, 0.1) is 0 Å². The van der Waals surface area contributed by atoms with Gasteiger partial charge in [0.1, 0.15) is 0 Å². The zero-order chi connectivity index (χ0) is 7.45. The van der Waals surface area contributed by atoms with Crippen LogP contribution in [-0.2, 0) is 0 Å². The molecule has 0 aromatic heterocycles. The molecule has 10 heavy (non-hydrogen) atoms. The third-order valence-corrected chi connectivity index (χ3v) is 2.79. The quantitative estimate of drug-likeness (QED) is 0.636. The molecule has 0 amide bonds. The minimum Gasteiger partial charge on any atom is -0.312 e. The van der Waals surface area contributed by atoms with Crippen molar-refractivity contribution in [3.63, 3.8) is 0 Å². The summed E-state index contributed by atoms with van der Waals surface area (Å²) in [5.74, 6) is 0. The summed E-state index contributed by atoms with van der Waals surface area (Å²) in [6, 6.07) is 0. The molecule has 0 unspecified atom stereocenters. The molecule has 0 saturated heterocycles. The molecule has 1 nitrogen and oxygen atoms in total. The van der Waals surface area contributed by atoms with Gasteiger partial charge in [-0.05, 0) is 25.8 Å². The second kappa shape index (κ2) is 3.38. The van der Waals surface area contributed by atoms with E-state index in [1.165, 1.54) is 32.1 Å². The van der Waals surface area contributed by atoms with Crippen molar-refractivity contribution in [3.8, 4) is 0 Å². The molecule has 0 spiro atoms. The summed E-state index contributed by atoms with van der Waals surface area (Å²) in [7, 11) is 0. The second-order valence-electron chi connectivity index (χ2n) is 3.37. The van der Waals surface area contributed by atoms with Crippen LogP contribution in [0.25, 0.3) is 0 Å². The molecule has 60 valence electrons. The number of hydrogen-bond donors (Lipinski definition) is 1. The average molecular weight is 141 g/mol. The smallest absolute Gasteiger partial charge is 0.0178 e. The van der Waals surface area contributed by atoms with Crippen LogP contribution in [0.5, 0.6) is 0 Å². The summed E-state index contributed by atoms with van der Waals surface area (Å²) in [6.07, 6.45) is 6.97. The maximum absolute atomic E-state index is 3.61. The van der Waals surface area contributed by atoms with Crippen molar-refractivity contribution in [1.82, 2.24) is 5.32 Å². The molecule has 1 heteroatoms. The maximum Gasteiger partial charge on any atom is 0.0178 e. The Labute approximate surface area is 64.2 Å². The predicted molar refractivity (Wildman–Crippen MR) is 45.2 cm³/mol.